The number of hydrogen-bond donors (Lipinski definition) is 0. The molecule has 0 aliphatic carbocycles. The molecule has 0 spiro atoms. The highest BCUT2D eigenvalue weighted by Crippen LogP contribution is 2.37. The third kappa shape index (κ3) is 8.11. The Morgan fingerprint density at radius 3 is 0.607 bits per heavy atom. The standard InChI is InChI=1S/2C12H10S2/c2*1-3-7-11(8-4-1)13-14-12-9-5-2-6-10-12/h2*1-10H. The zero-order valence-corrected chi connectivity index (χ0v) is 18.4. The smallest absolute Gasteiger partial charge is 0.0186 e. The van der Waals surface area contributed by atoms with Crippen molar-refractivity contribution in [3.05, 3.63) is 121 Å². The Morgan fingerprint density at radius 1 is 0.250 bits per heavy atom. The molecule has 0 amide bonds. The van der Waals surface area contributed by atoms with Gasteiger partial charge in [-0.1, -0.05) is 116 Å². The van der Waals surface area contributed by atoms with Crippen LogP contribution in [0.2, 0.25) is 0 Å². The van der Waals surface area contributed by atoms with Crippen molar-refractivity contribution in [2.75, 3.05) is 0 Å². The highest BCUT2D eigenvalue weighted by atomic mass is 33.1. The van der Waals surface area contributed by atoms with Crippen molar-refractivity contribution in [2.45, 2.75) is 19.6 Å². The van der Waals surface area contributed by atoms with Crippen LogP contribution in [0.1, 0.15) is 0 Å². The molecule has 4 heteroatoms. The summed E-state index contributed by atoms with van der Waals surface area (Å²) in [5.41, 5.74) is 0. The zero-order chi connectivity index (χ0) is 19.3. The first-order valence-electron chi connectivity index (χ1n) is 8.79. The molecule has 0 bridgehead atoms. The lowest BCUT2D eigenvalue weighted by Gasteiger charge is -1.99. The van der Waals surface area contributed by atoms with Gasteiger partial charge < -0.3 is 0 Å². The average Bonchev–Trinajstić information content (AvgIpc) is 2.80. The van der Waals surface area contributed by atoms with Gasteiger partial charge in [-0.15, -0.1) is 0 Å². The molecule has 0 aliphatic rings. The van der Waals surface area contributed by atoms with E-state index in [1.54, 1.807) is 43.2 Å². The van der Waals surface area contributed by atoms with Gasteiger partial charge in [0.1, 0.15) is 0 Å². The van der Waals surface area contributed by atoms with Crippen LogP contribution >= 0.6 is 43.2 Å². The van der Waals surface area contributed by atoms with Crippen molar-refractivity contribution in [1.82, 2.24) is 0 Å². The fourth-order valence-electron chi connectivity index (χ4n) is 2.10. The summed E-state index contributed by atoms with van der Waals surface area (Å²) in [5.74, 6) is 0. The largest absolute Gasteiger partial charge is 0.0622 e. The summed E-state index contributed by atoms with van der Waals surface area (Å²) >= 11 is 0. The van der Waals surface area contributed by atoms with Gasteiger partial charge in [0.05, 0.1) is 0 Å². The minimum absolute atomic E-state index is 1.29. The SMILES string of the molecule is c1ccc(SSc2ccccc2)cc1.c1ccc(SSc2ccccc2)cc1. The van der Waals surface area contributed by atoms with Crippen LogP contribution in [0.4, 0.5) is 0 Å². The second kappa shape index (κ2) is 12.7. The Balaban J connectivity index is 0.000000161. The molecule has 0 nitrogen and oxygen atoms in total. The van der Waals surface area contributed by atoms with Gasteiger partial charge in [-0.2, -0.15) is 0 Å². The number of benzene rings is 4. The summed E-state index contributed by atoms with van der Waals surface area (Å²) < 4.78 is 0. The molecule has 0 atom stereocenters. The van der Waals surface area contributed by atoms with E-state index < -0.39 is 0 Å². The molecular weight excluding hydrogens is 417 g/mol. The third-order valence-corrected chi connectivity index (χ3v) is 8.28. The lowest BCUT2D eigenvalue weighted by atomic mass is 10.4. The lowest BCUT2D eigenvalue weighted by molar-refractivity contribution is 1.47. The second-order valence-corrected chi connectivity index (χ2v) is 10.1. The van der Waals surface area contributed by atoms with Crippen LogP contribution in [0, 0.1) is 0 Å². The topological polar surface area (TPSA) is 0 Å². The summed E-state index contributed by atoms with van der Waals surface area (Å²) in [6.45, 7) is 0. The van der Waals surface area contributed by atoms with Gasteiger partial charge in [-0.3, -0.25) is 0 Å². The van der Waals surface area contributed by atoms with E-state index in [4.69, 9.17) is 0 Å². The molecule has 0 radical (unpaired) electrons. The Labute approximate surface area is 183 Å². The van der Waals surface area contributed by atoms with Gasteiger partial charge >= 0.3 is 0 Å². The van der Waals surface area contributed by atoms with Gasteiger partial charge in [0.25, 0.3) is 0 Å². The van der Waals surface area contributed by atoms with E-state index in [9.17, 15) is 0 Å². The lowest BCUT2D eigenvalue weighted by Crippen LogP contribution is -1.67. The summed E-state index contributed by atoms with van der Waals surface area (Å²) in [4.78, 5) is 5.17. The van der Waals surface area contributed by atoms with E-state index in [0.717, 1.165) is 0 Å². The fourth-order valence-corrected chi connectivity index (χ4v) is 6.04. The molecule has 0 saturated heterocycles. The normalized spacial score (nSPS) is 10.0. The third-order valence-electron chi connectivity index (χ3n) is 3.44. The van der Waals surface area contributed by atoms with E-state index in [1.165, 1.54) is 19.6 Å². The van der Waals surface area contributed by atoms with Crippen molar-refractivity contribution in [3.8, 4) is 0 Å². The van der Waals surface area contributed by atoms with E-state index in [2.05, 4.69) is 97.1 Å². The first kappa shape index (κ1) is 21.0. The zero-order valence-electron chi connectivity index (χ0n) is 15.2. The Hall–Kier alpha value is -1.72. The summed E-state index contributed by atoms with van der Waals surface area (Å²) in [7, 11) is 7.16. The predicted octanol–water partition coefficient (Wildman–Crippen LogP) is 8.97. The molecule has 0 heterocycles. The quantitative estimate of drug-likeness (QED) is 0.276. The fraction of sp³-hybridized carbons (Fsp3) is 0. The predicted molar refractivity (Wildman–Crippen MR) is 129 cm³/mol. The average molecular weight is 437 g/mol. The van der Waals surface area contributed by atoms with Gasteiger partial charge in [0.15, 0.2) is 0 Å². The van der Waals surface area contributed by atoms with Crippen LogP contribution in [0.3, 0.4) is 0 Å². The Kier molecular flexibility index (Phi) is 9.51. The molecule has 4 aromatic carbocycles. The number of hydrogen-bond acceptors (Lipinski definition) is 4. The van der Waals surface area contributed by atoms with Crippen molar-refractivity contribution in [1.29, 1.82) is 0 Å². The minimum atomic E-state index is 1.29. The van der Waals surface area contributed by atoms with E-state index in [1.807, 2.05) is 24.3 Å². The molecule has 0 N–H and O–H groups in total. The van der Waals surface area contributed by atoms with Crippen LogP contribution < -0.4 is 0 Å². The van der Waals surface area contributed by atoms with Crippen molar-refractivity contribution >= 4 is 43.2 Å². The number of rotatable bonds is 6. The van der Waals surface area contributed by atoms with Gasteiger partial charge in [0.2, 0.25) is 0 Å². The molecule has 4 rings (SSSR count). The molecule has 0 aromatic heterocycles. The molecule has 0 fully saturated rings. The highest BCUT2D eigenvalue weighted by Gasteiger charge is 1.95. The Morgan fingerprint density at radius 2 is 0.429 bits per heavy atom. The van der Waals surface area contributed by atoms with Crippen molar-refractivity contribution < 1.29 is 0 Å². The Bertz CT molecular complexity index is 740. The maximum atomic E-state index is 2.13. The highest BCUT2D eigenvalue weighted by molar-refractivity contribution is 8.77. The molecule has 0 saturated carbocycles. The monoisotopic (exact) mass is 436 g/mol. The first-order valence-corrected chi connectivity index (χ1v) is 13.1. The summed E-state index contributed by atoms with van der Waals surface area (Å²) in [6.07, 6.45) is 0. The van der Waals surface area contributed by atoms with Gasteiger partial charge in [0, 0.05) is 19.6 Å². The molecule has 0 aliphatic heterocycles. The van der Waals surface area contributed by atoms with Crippen LogP contribution in [0.25, 0.3) is 0 Å². The van der Waals surface area contributed by atoms with Crippen molar-refractivity contribution in [3.63, 3.8) is 0 Å². The van der Waals surface area contributed by atoms with E-state index >= 15 is 0 Å². The summed E-state index contributed by atoms with van der Waals surface area (Å²) in [5, 5.41) is 0. The maximum absolute atomic E-state index is 2.13. The molecule has 140 valence electrons. The summed E-state index contributed by atoms with van der Waals surface area (Å²) in [6, 6.07) is 41.7. The van der Waals surface area contributed by atoms with E-state index in [-0.39, 0.29) is 0 Å². The van der Waals surface area contributed by atoms with Crippen LogP contribution in [-0.2, 0) is 0 Å². The molecular formula is C24H20S4. The van der Waals surface area contributed by atoms with Crippen LogP contribution in [0.15, 0.2) is 141 Å². The molecule has 0 unspecified atom stereocenters. The molecule has 28 heavy (non-hydrogen) atoms. The van der Waals surface area contributed by atoms with Gasteiger partial charge in [-0.05, 0) is 48.5 Å². The first-order chi connectivity index (χ1) is 13.9. The van der Waals surface area contributed by atoms with Crippen LogP contribution in [-0.4, -0.2) is 0 Å². The minimum Gasteiger partial charge on any atom is -0.0622 e. The maximum Gasteiger partial charge on any atom is 0.0186 e. The van der Waals surface area contributed by atoms with Gasteiger partial charge in [-0.25, -0.2) is 0 Å². The van der Waals surface area contributed by atoms with Crippen LogP contribution in [0.5, 0.6) is 0 Å². The second-order valence-electron chi connectivity index (χ2n) is 5.59. The molecule has 4 aromatic rings. The van der Waals surface area contributed by atoms with Crippen molar-refractivity contribution in [2.24, 2.45) is 0 Å². The van der Waals surface area contributed by atoms with E-state index in [0.29, 0.717) is 0 Å².